The molecular formula is C15H18N2O. The fraction of sp³-hybridized carbons (Fsp3) is 0.400. The minimum atomic E-state index is 0.348. The van der Waals surface area contributed by atoms with Crippen LogP contribution in [-0.4, -0.2) is 25.2 Å². The molecule has 3 nitrogen and oxygen atoms in total. The first kappa shape index (κ1) is 11.6. The maximum absolute atomic E-state index is 5.52. The molecule has 1 aliphatic heterocycles. The SMILES string of the molecule is CNC(c1ccnc2ccccc12)C1CCOC1. The van der Waals surface area contributed by atoms with Gasteiger partial charge in [-0.1, -0.05) is 18.2 Å². The maximum atomic E-state index is 5.52. The van der Waals surface area contributed by atoms with Crippen LogP contribution in [0.3, 0.4) is 0 Å². The van der Waals surface area contributed by atoms with E-state index in [1.807, 2.05) is 19.3 Å². The fourth-order valence-electron chi connectivity index (χ4n) is 2.85. The van der Waals surface area contributed by atoms with Crippen LogP contribution in [-0.2, 0) is 4.74 Å². The number of ether oxygens (including phenoxy) is 1. The van der Waals surface area contributed by atoms with Crippen LogP contribution in [0.5, 0.6) is 0 Å². The van der Waals surface area contributed by atoms with E-state index in [2.05, 4.69) is 34.6 Å². The van der Waals surface area contributed by atoms with Crippen LogP contribution in [0.15, 0.2) is 36.5 Å². The zero-order chi connectivity index (χ0) is 12.4. The molecule has 1 N–H and O–H groups in total. The van der Waals surface area contributed by atoms with Crippen molar-refractivity contribution in [1.29, 1.82) is 0 Å². The minimum Gasteiger partial charge on any atom is -0.381 e. The predicted octanol–water partition coefficient (Wildman–Crippen LogP) is 2.53. The molecule has 0 bridgehead atoms. The Morgan fingerprint density at radius 1 is 1.33 bits per heavy atom. The van der Waals surface area contributed by atoms with Crippen LogP contribution >= 0.6 is 0 Å². The van der Waals surface area contributed by atoms with Crippen molar-refractivity contribution in [3.63, 3.8) is 0 Å². The van der Waals surface area contributed by atoms with Gasteiger partial charge in [0.05, 0.1) is 12.1 Å². The summed E-state index contributed by atoms with van der Waals surface area (Å²) in [5, 5.41) is 4.69. The second kappa shape index (κ2) is 5.04. The number of fused-ring (bicyclic) bond motifs is 1. The van der Waals surface area contributed by atoms with Crippen molar-refractivity contribution in [2.24, 2.45) is 5.92 Å². The molecule has 18 heavy (non-hydrogen) atoms. The molecule has 0 saturated carbocycles. The van der Waals surface area contributed by atoms with E-state index in [0.29, 0.717) is 12.0 Å². The average Bonchev–Trinajstić information content (AvgIpc) is 2.94. The lowest BCUT2D eigenvalue weighted by atomic mass is 9.90. The Balaban J connectivity index is 2.06. The van der Waals surface area contributed by atoms with Crippen LogP contribution < -0.4 is 5.32 Å². The van der Waals surface area contributed by atoms with Crippen molar-refractivity contribution >= 4 is 10.9 Å². The van der Waals surface area contributed by atoms with Gasteiger partial charge in [-0.05, 0) is 31.2 Å². The third kappa shape index (κ3) is 2.00. The lowest BCUT2D eigenvalue weighted by Gasteiger charge is -2.23. The third-order valence-electron chi connectivity index (χ3n) is 3.77. The predicted molar refractivity (Wildman–Crippen MR) is 72.5 cm³/mol. The molecule has 0 aliphatic carbocycles. The highest BCUT2D eigenvalue weighted by molar-refractivity contribution is 5.82. The third-order valence-corrected chi connectivity index (χ3v) is 3.77. The van der Waals surface area contributed by atoms with E-state index < -0.39 is 0 Å². The minimum absolute atomic E-state index is 0.348. The number of aromatic nitrogens is 1. The van der Waals surface area contributed by atoms with E-state index in [-0.39, 0.29) is 0 Å². The lowest BCUT2D eigenvalue weighted by molar-refractivity contribution is 0.178. The monoisotopic (exact) mass is 242 g/mol. The number of rotatable bonds is 3. The number of hydrogen-bond acceptors (Lipinski definition) is 3. The number of hydrogen-bond donors (Lipinski definition) is 1. The number of nitrogens with one attached hydrogen (secondary N) is 1. The summed E-state index contributed by atoms with van der Waals surface area (Å²) in [5.74, 6) is 0.556. The molecule has 2 heterocycles. The zero-order valence-electron chi connectivity index (χ0n) is 10.6. The van der Waals surface area contributed by atoms with Crippen molar-refractivity contribution < 1.29 is 4.74 Å². The van der Waals surface area contributed by atoms with Gasteiger partial charge in [0.25, 0.3) is 0 Å². The zero-order valence-corrected chi connectivity index (χ0v) is 10.6. The topological polar surface area (TPSA) is 34.2 Å². The Bertz CT molecular complexity index is 530. The molecule has 1 aliphatic rings. The van der Waals surface area contributed by atoms with Gasteiger partial charge in [0.1, 0.15) is 0 Å². The molecule has 2 atom stereocenters. The van der Waals surface area contributed by atoms with Gasteiger partial charge in [-0.15, -0.1) is 0 Å². The van der Waals surface area contributed by atoms with Crippen LogP contribution in [0.4, 0.5) is 0 Å². The van der Waals surface area contributed by atoms with Crippen LogP contribution in [0.2, 0.25) is 0 Å². The van der Waals surface area contributed by atoms with Gasteiger partial charge in [-0.3, -0.25) is 4.98 Å². The molecule has 0 spiro atoms. The first-order valence-electron chi connectivity index (χ1n) is 6.49. The highest BCUT2D eigenvalue weighted by Crippen LogP contribution is 2.32. The van der Waals surface area contributed by atoms with E-state index >= 15 is 0 Å². The summed E-state index contributed by atoms with van der Waals surface area (Å²) in [7, 11) is 2.03. The van der Waals surface area contributed by atoms with Crippen LogP contribution in [0.1, 0.15) is 18.0 Å². The van der Waals surface area contributed by atoms with Gasteiger partial charge in [0, 0.05) is 30.1 Å². The van der Waals surface area contributed by atoms with Crippen LogP contribution in [0.25, 0.3) is 10.9 Å². The van der Waals surface area contributed by atoms with E-state index in [4.69, 9.17) is 4.74 Å². The van der Waals surface area contributed by atoms with Crippen molar-refractivity contribution in [3.8, 4) is 0 Å². The summed E-state index contributed by atoms with van der Waals surface area (Å²) in [6, 6.07) is 10.8. The highest BCUT2D eigenvalue weighted by atomic mass is 16.5. The van der Waals surface area contributed by atoms with Gasteiger partial charge in [-0.2, -0.15) is 0 Å². The van der Waals surface area contributed by atoms with E-state index in [0.717, 1.165) is 25.2 Å². The van der Waals surface area contributed by atoms with Crippen molar-refractivity contribution in [3.05, 3.63) is 42.1 Å². The van der Waals surface area contributed by atoms with Gasteiger partial charge in [0.15, 0.2) is 0 Å². The van der Waals surface area contributed by atoms with Gasteiger partial charge in [-0.25, -0.2) is 0 Å². The average molecular weight is 242 g/mol. The maximum Gasteiger partial charge on any atom is 0.0705 e. The highest BCUT2D eigenvalue weighted by Gasteiger charge is 2.26. The number of para-hydroxylation sites is 1. The number of nitrogens with zero attached hydrogens (tertiary/aromatic N) is 1. The molecule has 0 radical (unpaired) electrons. The van der Waals surface area contributed by atoms with Gasteiger partial charge in [0.2, 0.25) is 0 Å². The van der Waals surface area contributed by atoms with Crippen molar-refractivity contribution in [1.82, 2.24) is 10.3 Å². The fourth-order valence-corrected chi connectivity index (χ4v) is 2.85. The summed E-state index contributed by atoms with van der Waals surface area (Å²) in [6.45, 7) is 1.73. The summed E-state index contributed by atoms with van der Waals surface area (Å²) < 4.78 is 5.52. The molecule has 3 heteroatoms. The molecule has 3 rings (SSSR count). The normalized spacial score (nSPS) is 21.3. The smallest absolute Gasteiger partial charge is 0.0705 e. The van der Waals surface area contributed by atoms with Crippen molar-refractivity contribution in [2.75, 3.05) is 20.3 Å². The van der Waals surface area contributed by atoms with Gasteiger partial charge < -0.3 is 10.1 Å². The molecule has 2 aromatic rings. The molecule has 94 valence electrons. The largest absolute Gasteiger partial charge is 0.381 e. The van der Waals surface area contributed by atoms with E-state index in [1.54, 1.807) is 0 Å². The Labute approximate surface area is 107 Å². The first-order chi connectivity index (χ1) is 8.90. The van der Waals surface area contributed by atoms with E-state index in [1.165, 1.54) is 10.9 Å². The van der Waals surface area contributed by atoms with Crippen molar-refractivity contribution in [2.45, 2.75) is 12.5 Å². The molecule has 1 fully saturated rings. The Morgan fingerprint density at radius 2 is 2.22 bits per heavy atom. The van der Waals surface area contributed by atoms with Crippen LogP contribution in [0, 0.1) is 5.92 Å². The molecule has 1 aromatic heterocycles. The Kier molecular flexibility index (Phi) is 3.26. The number of benzene rings is 1. The van der Waals surface area contributed by atoms with E-state index in [9.17, 15) is 0 Å². The molecule has 1 aromatic carbocycles. The summed E-state index contributed by atoms with van der Waals surface area (Å²) in [5.41, 5.74) is 2.40. The summed E-state index contributed by atoms with van der Waals surface area (Å²) in [4.78, 5) is 4.43. The standard InChI is InChI=1S/C15H18N2O/c1-16-15(11-7-9-18-10-11)13-6-8-17-14-5-3-2-4-12(13)14/h2-6,8,11,15-16H,7,9-10H2,1H3. The lowest BCUT2D eigenvalue weighted by Crippen LogP contribution is -2.25. The first-order valence-corrected chi connectivity index (χ1v) is 6.49. The molecule has 2 unspecified atom stereocenters. The second-order valence-corrected chi connectivity index (χ2v) is 4.81. The molecular weight excluding hydrogens is 224 g/mol. The summed E-state index contributed by atoms with van der Waals surface area (Å²) in [6.07, 6.45) is 3.03. The Hall–Kier alpha value is -1.45. The molecule has 0 amide bonds. The number of pyridine rings is 1. The Morgan fingerprint density at radius 3 is 3.00 bits per heavy atom. The second-order valence-electron chi connectivity index (χ2n) is 4.81. The summed E-state index contributed by atoms with van der Waals surface area (Å²) >= 11 is 0. The van der Waals surface area contributed by atoms with Gasteiger partial charge >= 0.3 is 0 Å². The quantitative estimate of drug-likeness (QED) is 0.898. The molecule has 1 saturated heterocycles.